The van der Waals surface area contributed by atoms with Crippen LogP contribution in [0.3, 0.4) is 0 Å². The van der Waals surface area contributed by atoms with Gasteiger partial charge in [0.1, 0.15) is 12.1 Å². The Morgan fingerprint density at radius 1 is 1.56 bits per heavy atom. The molecular formula is C10H15N3O5. The van der Waals surface area contributed by atoms with Gasteiger partial charge in [-0.1, -0.05) is 0 Å². The molecule has 100 valence electrons. The van der Waals surface area contributed by atoms with E-state index < -0.39 is 29.4 Å². The smallest absolute Gasteiger partial charge is 0.328 e. The quantitative estimate of drug-likeness (QED) is 0.460. The molecule has 0 fully saturated rings. The lowest BCUT2D eigenvalue weighted by atomic mass is 10.1. The number of amides is 1. The van der Waals surface area contributed by atoms with Crippen molar-refractivity contribution in [2.75, 3.05) is 13.2 Å². The number of aliphatic hydroxyl groups excluding tert-OH is 1. The second kappa shape index (κ2) is 5.61. The number of hydrogen-bond donors (Lipinski definition) is 4. The molecule has 0 aromatic carbocycles. The van der Waals surface area contributed by atoms with Gasteiger partial charge in [-0.3, -0.25) is 19.1 Å². The molecular weight excluding hydrogens is 242 g/mol. The lowest BCUT2D eigenvalue weighted by Crippen LogP contribution is -2.45. The van der Waals surface area contributed by atoms with Gasteiger partial charge in [0.25, 0.3) is 5.56 Å². The molecule has 0 radical (unpaired) electrons. The summed E-state index contributed by atoms with van der Waals surface area (Å²) in [6.45, 7) is 0.447. The van der Waals surface area contributed by atoms with Gasteiger partial charge in [0.2, 0.25) is 5.91 Å². The summed E-state index contributed by atoms with van der Waals surface area (Å²) in [5.41, 5.74) is -2.64. The number of nitrogens with one attached hydrogen (secondary N) is 2. The van der Waals surface area contributed by atoms with Crippen molar-refractivity contribution in [3.05, 3.63) is 33.1 Å². The average molecular weight is 257 g/mol. The van der Waals surface area contributed by atoms with E-state index in [0.717, 1.165) is 10.6 Å². The first kappa shape index (κ1) is 14.1. The number of nitrogens with zero attached hydrogens (tertiary/aromatic N) is 1. The van der Waals surface area contributed by atoms with Crippen LogP contribution >= 0.6 is 0 Å². The van der Waals surface area contributed by atoms with E-state index in [9.17, 15) is 19.5 Å². The van der Waals surface area contributed by atoms with Crippen molar-refractivity contribution in [1.82, 2.24) is 14.9 Å². The van der Waals surface area contributed by atoms with E-state index in [0.29, 0.717) is 0 Å². The topological polar surface area (TPSA) is 124 Å². The summed E-state index contributed by atoms with van der Waals surface area (Å²) in [6, 6.07) is 1.12. The predicted octanol–water partition coefficient (Wildman–Crippen LogP) is -2.60. The molecule has 1 amide bonds. The van der Waals surface area contributed by atoms with E-state index in [1.807, 2.05) is 4.98 Å². The number of H-pyrrole nitrogens is 1. The third kappa shape index (κ3) is 4.15. The maximum atomic E-state index is 11.5. The van der Waals surface area contributed by atoms with E-state index in [-0.39, 0.29) is 13.1 Å². The van der Waals surface area contributed by atoms with E-state index in [1.165, 1.54) is 13.1 Å². The van der Waals surface area contributed by atoms with Gasteiger partial charge in [-0.25, -0.2) is 4.79 Å². The standard InChI is InChI=1S/C10H15N3O5/c1-10(18,6-14)5-11-8(16)4-13-3-2-7(15)12-9(13)17/h2-3,14,18H,4-6H2,1H3,(H,11,16)(H,12,15,17). The van der Waals surface area contributed by atoms with Crippen molar-refractivity contribution in [1.29, 1.82) is 0 Å². The molecule has 0 aliphatic carbocycles. The third-order valence-corrected chi connectivity index (χ3v) is 2.22. The number of aromatic amines is 1. The first-order chi connectivity index (χ1) is 8.34. The molecule has 1 rings (SSSR count). The van der Waals surface area contributed by atoms with E-state index in [2.05, 4.69) is 5.32 Å². The second-order valence-corrected chi connectivity index (χ2v) is 4.17. The molecule has 0 saturated heterocycles. The van der Waals surface area contributed by atoms with E-state index in [1.54, 1.807) is 0 Å². The van der Waals surface area contributed by atoms with Gasteiger partial charge in [-0.05, 0) is 6.92 Å². The van der Waals surface area contributed by atoms with Gasteiger partial charge in [-0.15, -0.1) is 0 Å². The number of aromatic nitrogens is 2. The molecule has 18 heavy (non-hydrogen) atoms. The van der Waals surface area contributed by atoms with Gasteiger partial charge in [0.05, 0.1) is 6.61 Å². The van der Waals surface area contributed by atoms with Crippen molar-refractivity contribution in [2.24, 2.45) is 0 Å². The summed E-state index contributed by atoms with van der Waals surface area (Å²) in [6.07, 6.45) is 1.20. The molecule has 0 saturated carbocycles. The highest BCUT2D eigenvalue weighted by Crippen LogP contribution is 1.98. The fourth-order valence-corrected chi connectivity index (χ4v) is 1.12. The molecule has 0 aliphatic rings. The zero-order valence-corrected chi connectivity index (χ0v) is 9.84. The molecule has 1 unspecified atom stereocenters. The summed E-state index contributed by atoms with van der Waals surface area (Å²) in [4.78, 5) is 35.5. The number of aliphatic hydroxyl groups is 2. The number of carbonyl (C=O) groups excluding carboxylic acids is 1. The van der Waals surface area contributed by atoms with Crippen LogP contribution in [-0.4, -0.2) is 44.4 Å². The third-order valence-electron chi connectivity index (χ3n) is 2.22. The van der Waals surface area contributed by atoms with Crippen molar-refractivity contribution in [3.8, 4) is 0 Å². The largest absolute Gasteiger partial charge is 0.393 e. The minimum absolute atomic E-state index is 0.138. The highest BCUT2D eigenvalue weighted by Gasteiger charge is 2.19. The maximum Gasteiger partial charge on any atom is 0.328 e. The first-order valence-electron chi connectivity index (χ1n) is 5.24. The summed E-state index contributed by atoms with van der Waals surface area (Å²) in [7, 11) is 0. The van der Waals surface area contributed by atoms with Crippen molar-refractivity contribution >= 4 is 5.91 Å². The zero-order chi connectivity index (χ0) is 13.8. The SMILES string of the molecule is CC(O)(CO)CNC(=O)Cn1ccc(=O)[nH]c1=O. The maximum absolute atomic E-state index is 11.5. The normalized spacial score (nSPS) is 13.9. The molecule has 8 nitrogen and oxygen atoms in total. The lowest BCUT2D eigenvalue weighted by molar-refractivity contribution is -0.123. The van der Waals surface area contributed by atoms with Crippen LogP contribution in [0, 0.1) is 0 Å². The van der Waals surface area contributed by atoms with Gasteiger partial charge in [0, 0.05) is 18.8 Å². The van der Waals surface area contributed by atoms with Crippen LogP contribution in [0.1, 0.15) is 6.92 Å². The van der Waals surface area contributed by atoms with Crippen LogP contribution in [0.2, 0.25) is 0 Å². The van der Waals surface area contributed by atoms with Crippen molar-refractivity contribution < 1.29 is 15.0 Å². The first-order valence-corrected chi connectivity index (χ1v) is 5.24. The Labute approximate surface area is 102 Å². The molecule has 0 spiro atoms. The Bertz CT molecular complexity index is 531. The summed E-state index contributed by atoms with van der Waals surface area (Å²) in [5.74, 6) is -0.516. The molecule has 8 heteroatoms. The predicted molar refractivity (Wildman–Crippen MR) is 62.0 cm³/mol. The summed E-state index contributed by atoms with van der Waals surface area (Å²) < 4.78 is 1.02. The van der Waals surface area contributed by atoms with Crippen LogP contribution in [0.15, 0.2) is 21.9 Å². The molecule has 0 aliphatic heterocycles. The Balaban J connectivity index is 2.60. The average Bonchev–Trinajstić information content (AvgIpc) is 2.30. The van der Waals surface area contributed by atoms with Gasteiger partial charge in [-0.2, -0.15) is 0 Å². The van der Waals surface area contributed by atoms with Crippen molar-refractivity contribution in [3.63, 3.8) is 0 Å². The van der Waals surface area contributed by atoms with E-state index >= 15 is 0 Å². The number of carbonyl (C=O) groups is 1. The summed E-state index contributed by atoms with van der Waals surface area (Å²) in [5, 5.41) is 20.6. The van der Waals surface area contributed by atoms with Crippen molar-refractivity contribution in [2.45, 2.75) is 19.1 Å². The second-order valence-electron chi connectivity index (χ2n) is 4.17. The fraction of sp³-hybridized carbons (Fsp3) is 0.500. The molecule has 1 aromatic rings. The minimum atomic E-state index is -1.41. The monoisotopic (exact) mass is 257 g/mol. The Kier molecular flexibility index (Phi) is 4.40. The lowest BCUT2D eigenvalue weighted by Gasteiger charge is -2.20. The van der Waals surface area contributed by atoms with Crippen LogP contribution in [0.4, 0.5) is 0 Å². The molecule has 1 atom stereocenters. The minimum Gasteiger partial charge on any atom is -0.393 e. The molecule has 4 N–H and O–H groups in total. The van der Waals surface area contributed by atoms with Crippen LogP contribution in [-0.2, 0) is 11.3 Å². The zero-order valence-electron chi connectivity index (χ0n) is 9.84. The molecule has 1 aromatic heterocycles. The van der Waals surface area contributed by atoms with Crippen LogP contribution in [0.25, 0.3) is 0 Å². The van der Waals surface area contributed by atoms with E-state index in [4.69, 9.17) is 5.11 Å². The number of hydrogen-bond acceptors (Lipinski definition) is 5. The highest BCUT2D eigenvalue weighted by atomic mass is 16.3. The molecule has 0 bridgehead atoms. The fourth-order valence-electron chi connectivity index (χ4n) is 1.12. The Morgan fingerprint density at radius 2 is 2.22 bits per heavy atom. The van der Waals surface area contributed by atoms with Gasteiger partial charge < -0.3 is 15.5 Å². The van der Waals surface area contributed by atoms with Gasteiger partial charge in [0.15, 0.2) is 0 Å². The highest BCUT2D eigenvalue weighted by molar-refractivity contribution is 5.75. The summed E-state index contributed by atoms with van der Waals surface area (Å²) >= 11 is 0. The van der Waals surface area contributed by atoms with Crippen LogP contribution in [0.5, 0.6) is 0 Å². The van der Waals surface area contributed by atoms with Crippen LogP contribution < -0.4 is 16.6 Å². The Morgan fingerprint density at radius 3 is 2.78 bits per heavy atom. The molecule has 1 heterocycles. The number of rotatable bonds is 5. The Hall–Kier alpha value is -1.93. The van der Waals surface area contributed by atoms with Gasteiger partial charge >= 0.3 is 5.69 Å².